The SMILES string of the molecule is Nc1nc(C(=O)NCCn2ccnn2)cs1. The quantitative estimate of drug-likeness (QED) is 0.765. The number of aromatic nitrogens is 4. The summed E-state index contributed by atoms with van der Waals surface area (Å²) in [5.74, 6) is -0.229. The van der Waals surface area contributed by atoms with Crippen molar-refractivity contribution in [3.05, 3.63) is 23.5 Å². The molecule has 8 heteroatoms. The van der Waals surface area contributed by atoms with Crippen LogP contribution in [-0.4, -0.2) is 32.4 Å². The number of thiazole rings is 1. The lowest BCUT2D eigenvalue weighted by Crippen LogP contribution is -2.27. The highest BCUT2D eigenvalue weighted by Gasteiger charge is 2.08. The topological polar surface area (TPSA) is 98.7 Å². The highest BCUT2D eigenvalue weighted by atomic mass is 32.1. The van der Waals surface area contributed by atoms with E-state index in [2.05, 4.69) is 20.6 Å². The molecule has 3 N–H and O–H groups in total. The van der Waals surface area contributed by atoms with Crippen LogP contribution in [0.5, 0.6) is 0 Å². The van der Waals surface area contributed by atoms with Crippen molar-refractivity contribution < 1.29 is 4.79 Å². The fourth-order valence-electron chi connectivity index (χ4n) is 1.12. The van der Waals surface area contributed by atoms with E-state index in [9.17, 15) is 4.79 Å². The second-order valence-electron chi connectivity index (χ2n) is 2.99. The third kappa shape index (κ3) is 2.54. The van der Waals surface area contributed by atoms with Crippen molar-refractivity contribution in [2.75, 3.05) is 12.3 Å². The first-order valence-electron chi connectivity index (χ1n) is 4.59. The van der Waals surface area contributed by atoms with E-state index in [-0.39, 0.29) is 5.91 Å². The van der Waals surface area contributed by atoms with Crippen molar-refractivity contribution in [1.82, 2.24) is 25.3 Å². The Hall–Kier alpha value is -1.96. The Morgan fingerprint density at radius 2 is 2.50 bits per heavy atom. The maximum Gasteiger partial charge on any atom is 0.270 e. The Labute approximate surface area is 95.3 Å². The Kier molecular flexibility index (Phi) is 3.10. The number of amides is 1. The summed E-state index contributed by atoms with van der Waals surface area (Å²) >= 11 is 1.24. The van der Waals surface area contributed by atoms with E-state index in [0.717, 1.165) is 0 Å². The lowest BCUT2D eigenvalue weighted by Gasteiger charge is -2.02. The lowest BCUT2D eigenvalue weighted by atomic mass is 10.4. The molecule has 0 atom stereocenters. The Morgan fingerprint density at radius 3 is 3.12 bits per heavy atom. The average molecular weight is 238 g/mol. The molecule has 16 heavy (non-hydrogen) atoms. The summed E-state index contributed by atoms with van der Waals surface area (Å²) < 4.78 is 1.63. The molecule has 2 aromatic heterocycles. The van der Waals surface area contributed by atoms with Crippen LogP contribution in [0.2, 0.25) is 0 Å². The number of nitrogens with two attached hydrogens (primary N) is 1. The van der Waals surface area contributed by atoms with Crippen LogP contribution in [0.15, 0.2) is 17.8 Å². The minimum atomic E-state index is -0.229. The van der Waals surface area contributed by atoms with Gasteiger partial charge in [0.1, 0.15) is 5.69 Å². The van der Waals surface area contributed by atoms with E-state index in [0.29, 0.717) is 23.9 Å². The standard InChI is InChI=1S/C8H10N6OS/c9-8-12-6(5-16-8)7(15)10-1-3-14-4-2-11-13-14/h2,4-5H,1,3H2,(H2,9,12)(H,10,15). The van der Waals surface area contributed by atoms with Crippen molar-refractivity contribution in [3.63, 3.8) is 0 Å². The first-order valence-corrected chi connectivity index (χ1v) is 5.47. The molecule has 0 aromatic carbocycles. The fourth-order valence-corrected chi connectivity index (χ4v) is 1.66. The molecule has 0 saturated heterocycles. The second kappa shape index (κ2) is 4.71. The predicted octanol–water partition coefficient (Wildman–Crippen LogP) is -0.253. The summed E-state index contributed by atoms with van der Waals surface area (Å²) in [7, 11) is 0. The van der Waals surface area contributed by atoms with Gasteiger partial charge in [0.15, 0.2) is 5.13 Å². The summed E-state index contributed by atoms with van der Waals surface area (Å²) in [6, 6.07) is 0. The van der Waals surface area contributed by atoms with E-state index in [1.165, 1.54) is 11.3 Å². The van der Waals surface area contributed by atoms with Crippen molar-refractivity contribution in [2.45, 2.75) is 6.54 Å². The molecule has 0 bridgehead atoms. The van der Waals surface area contributed by atoms with Crippen molar-refractivity contribution in [3.8, 4) is 0 Å². The molecule has 0 fully saturated rings. The molecule has 84 valence electrons. The molecule has 0 spiro atoms. The first-order chi connectivity index (χ1) is 7.75. The number of nitrogens with zero attached hydrogens (tertiary/aromatic N) is 4. The van der Waals surface area contributed by atoms with Gasteiger partial charge in [-0.25, -0.2) is 4.98 Å². The molecule has 0 unspecified atom stereocenters. The fraction of sp³-hybridized carbons (Fsp3) is 0.250. The minimum Gasteiger partial charge on any atom is -0.375 e. The third-order valence-electron chi connectivity index (χ3n) is 1.85. The van der Waals surface area contributed by atoms with Crippen LogP contribution in [-0.2, 0) is 6.54 Å². The number of nitrogen functional groups attached to an aromatic ring is 1. The number of carbonyl (C=O) groups is 1. The lowest BCUT2D eigenvalue weighted by molar-refractivity contribution is 0.0947. The average Bonchev–Trinajstić information content (AvgIpc) is 2.89. The van der Waals surface area contributed by atoms with Gasteiger partial charge in [0, 0.05) is 18.1 Å². The maximum atomic E-state index is 11.5. The van der Waals surface area contributed by atoms with Crippen LogP contribution in [0.25, 0.3) is 0 Å². The van der Waals surface area contributed by atoms with Gasteiger partial charge in [-0.2, -0.15) is 0 Å². The summed E-state index contributed by atoms with van der Waals surface area (Å²) in [6.45, 7) is 1.05. The smallest absolute Gasteiger partial charge is 0.270 e. The van der Waals surface area contributed by atoms with Crippen LogP contribution in [0.3, 0.4) is 0 Å². The first kappa shape index (κ1) is 10.6. The van der Waals surface area contributed by atoms with Gasteiger partial charge in [0.2, 0.25) is 0 Å². The molecule has 0 aliphatic heterocycles. The molecule has 1 amide bonds. The van der Waals surface area contributed by atoms with Gasteiger partial charge in [-0.3, -0.25) is 9.48 Å². The number of hydrogen-bond donors (Lipinski definition) is 2. The van der Waals surface area contributed by atoms with Gasteiger partial charge < -0.3 is 11.1 Å². The summed E-state index contributed by atoms with van der Waals surface area (Å²) in [5, 5.41) is 12.2. The van der Waals surface area contributed by atoms with Crippen molar-refractivity contribution in [1.29, 1.82) is 0 Å². The summed E-state index contributed by atoms with van der Waals surface area (Å²) in [4.78, 5) is 15.4. The van der Waals surface area contributed by atoms with Crippen LogP contribution < -0.4 is 11.1 Å². The van der Waals surface area contributed by atoms with Crippen LogP contribution in [0.1, 0.15) is 10.5 Å². The zero-order valence-electron chi connectivity index (χ0n) is 8.33. The highest BCUT2D eigenvalue weighted by molar-refractivity contribution is 7.13. The number of carbonyl (C=O) groups excluding carboxylic acids is 1. The monoisotopic (exact) mass is 238 g/mol. The predicted molar refractivity (Wildman–Crippen MR) is 58.9 cm³/mol. The number of nitrogens with one attached hydrogen (secondary N) is 1. The van der Waals surface area contributed by atoms with Gasteiger partial charge in [-0.05, 0) is 0 Å². The molecule has 7 nitrogen and oxygen atoms in total. The van der Waals surface area contributed by atoms with Crippen LogP contribution in [0, 0.1) is 0 Å². The van der Waals surface area contributed by atoms with E-state index in [1.54, 1.807) is 22.5 Å². The zero-order chi connectivity index (χ0) is 11.4. The van der Waals surface area contributed by atoms with E-state index >= 15 is 0 Å². The zero-order valence-corrected chi connectivity index (χ0v) is 9.15. The van der Waals surface area contributed by atoms with Crippen molar-refractivity contribution in [2.24, 2.45) is 0 Å². The Bertz CT molecular complexity index is 465. The summed E-state index contributed by atoms with van der Waals surface area (Å²) in [6.07, 6.45) is 3.32. The third-order valence-corrected chi connectivity index (χ3v) is 2.53. The van der Waals surface area contributed by atoms with E-state index < -0.39 is 0 Å². The van der Waals surface area contributed by atoms with Crippen LogP contribution >= 0.6 is 11.3 Å². The largest absolute Gasteiger partial charge is 0.375 e. The number of anilines is 1. The molecule has 0 saturated carbocycles. The summed E-state index contributed by atoms with van der Waals surface area (Å²) in [5.41, 5.74) is 5.78. The van der Waals surface area contributed by atoms with Gasteiger partial charge in [-0.1, -0.05) is 5.21 Å². The van der Waals surface area contributed by atoms with Crippen molar-refractivity contribution >= 4 is 22.4 Å². The molecule has 2 aromatic rings. The molecule has 0 radical (unpaired) electrons. The molecule has 2 rings (SSSR count). The molecular formula is C8H10N6OS. The number of rotatable bonds is 4. The second-order valence-corrected chi connectivity index (χ2v) is 3.88. The highest BCUT2D eigenvalue weighted by Crippen LogP contribution is 2.10. The molecule has 0 aliphatic carbocycles. The molecular weight excluding hydrogens is 228 g/mol. The molecule has 0 aliphatic rings. The van der Waals surface area contributed by atoms with Crippen LogP contribution in [0.4, 0.5) is 5.13 Å². The Balaban J connectivity index is 1.80. The van der Waals surface area contributed by atoms with E-state index in [1.807, 2.05) is 0 Å². The normalized spacial score (nSPS) is 10.2. The number of hydrogen-bond acceptors (Lipinski definition) is 6. The maximum absolute atomic E-state index is 11.5. The van der Waals surface area contributed by atoms with Gasteiger partial charge in [-0.15, -0.1) is 16.4 Å². The van der Waals surface area contributed by atoms with Gasteiger partial charge >= 0.3 is 0 Å². The van der Waals surface area contributed by atoms with Gasteiger partial charge in [0.25, 0.3) is 5.91 Å². The Morgan fingerprint density at radius 1 is 1.62 bits per heavy atom. The van der Waals surface area contributed by atoms with E-state index in [4.69, 9.17) is 5.73 Å². The molecule has 2 heterocycles. The minimum absolute atomic E-state index is 0.229. The van der Waals surface area contributed by atoms with Gasteiger partial charge in [0.05, 0.1) is 12.7 Å².